The lowest BCUT2D eigenvalue weighted by Crippen LogP contribution is -2.15. The van der Waals surface area contributed by atoms with Gasteiger partial charge in [0.05, 0.1) is 11.1 Å². The van der Waals surface area contributed by atoms with E-state index in [0.717, 1.165) is 24.3 Å². The normalized spacial score (nSPS) is 11.3. The van der Waals surface area contributed by atoms with Gasteiger partial charge < -0.3 is 5.32 Å². The minimum Gasteiger partial charge on any atom is -0.306 e. The predicted molar refractivity (Wildman–Crippen MR) is 63.6 cm³/mol. The molecule has 0 unspecified atom stereocenters. The van der Waals surface area contributed by atoms with Crippen LogP contribution in [0.4, 0.5) is 27.8 Å². The van der Waals surface area contributed by atoms with Gasteiger partial charge in [-0.2, -0.15) is 13.2 Å². The highest BCUT2D eigenvalue weighted by Gasteiger charge is 2.30. The first-order valence-electron chi connectivity index (χ1n) is 5.57. The molecule has 0 bridgehead atoms. The Bertz CT molecular complexity index is 667. The van der Waals surface area contributed by atoms with Crippen molar-refractivity contribution in [2.45, 2.75) is 6.18 Å². The summed E-state index contributed by atoms with van der Waals surface area (Å²) in [5.74, 6) is -3.06. The number of amides is 1. The molecule has 0 saturated carbocycles. The number of alkyl halides is 3. The number of carbonyl (C=O) groups is 1. The van der Waals surface area contributed by atoms with E-state index in [9.17, 15) is 26.7 Å². The lowest BCUT2D eigenvalue weighted by atomic mass is 10.2. The van der Waals surface area contributed by atoms with Crippen LogP contribution in [0.25, 0.3) is 0 Å². The largest absolute Gasteiger partial charge is 0.417 e. The maximum absolute atomic E-state index is 13.4. The molecule has 1 amide bonds. The summed E-state index contributed by atoms with van der Waals surface area (Å²) >= 11 is 0. The van der Waals surface area contributed by atoms with Crippen LogP contribution in [-0.4, -0.2) is 10.9 Å². The van der Waals surface area contributed by atoms with Crippen molar-refractivity contribution >= 4 is 11.7 Å². The van der Waals surface area contributed by atoms with Crippen molar-refractivity contribution in [3.05, 3.63) is 59.3 Å². The molecule has 3 nitrogen and oxygen atoms in total. The molecule has 1 aromatic carbocycles. The second-order valence-electron chi connectivity index (χ2n) is 4.01. The van der Waals surface area contributed by atoms with E-state index in [-0.39, 0.29) is 5.82 Å². The van der Waals surface area contributed by atoms with Gasteiger partial charge in [0, 0.05) is 12.3 Å². The number of halogens is 5. The summed E-state index contributed by atoms with van der Waals surface area (Å²) in [5, 5.41) is 2.12. The van der Waals surface area contributed by atoms with Gasteiger partial charge in [0.25, 0.3) is 5.91 Å². The Hall–Kier alpha value is -2.51. The van der Waals surface area contributed by atoms with E-state index in [4.69, 9.17) is 0 Å². The number of carbonyl (C=O) groups excluding carboxylic acids is 1. The average Bonchev–Trinajstić information content (AvgIpc) is 2.38. The zero-order valence-corrected chi connectivity index (χ0v) is 10.2. The lowest BCUT2D eigenvalue weighted by molar-refractivity contribution is -0.137. The molecule has 1 N–H and O–H groups in total. The molecule has 0 spiro atoms. The number of benzene rings is 1. The summed E-state index contributed by atoms with van der Waals surface area (Å²) in [6.07, 6.45) is -4.00. The Labute approximate surface area is 115 Å². The van der Waals surface area contributed by atoms with Gasteiger partial charge in [-0.15, -0.1) is 0 Å². The molecule has 0 fully saturated rings. The molecule has 1 heterocycles. The molecule has 2 aromatic rings. The second-order valence-corrected chi connectivity index (χ2v) is 4.01. The van der Waals surface area contributed by atoms with Crippen molar-refractivity contribution < 1.29 is 26.7 Å². The summed E-state index contributed by atoms with van der Waals surface area (Å²) < 4.78 is 63.0. The topological polar surface area (TPSA) is 42.0 Å². The molecule has 0 aliphatic rings. The van der Waals surface area contributed by atoms with Crippen molar-refractivity contribution in [2.24, 2.45) is 0 Å². The zero-order valence-electron chi connectivity index (χ0n) is 10.2. The first-order valence-corrected chi connectivity index (χ1v) is 5.57. The highest BCUT2D eigenvalue weighted by molar-refractivity contribution is 6.03. The summed E-state index contributed by atoms with van der Waals surface area (Å²) in [4.78, 5) is 15.1. The molecule has 0 saturated heterocycles. The van der Waals surface area contributed by atoms with Gasteiger partial charge in [-0.3, -0.25) is 4.79 Å². The van der Waals surface area contributed by atoms with E-state index in [0.29, 0.717) is 12.3 Å². The molecule has 0 atom stereocenters. The monoisotopic (exact) mass is 302 g/mol. The van der Waals surface area contributed by atoms with Crippen LogP contribution in [0.2, 0.25) is 0 Å². The quantitative estimate of drug-likeness (QED) is 0.861. The summed E-state index contributed by atoms with van der Waals surface area (Å²) in [6.45, 7) is 0. The standard InChI is InChI=1S/C13H7F5N2O/c14-8-2-3-9(10(15)5-8)12(21)20-11-4-1-7(6-19-11)13(16,17)18/h1-6H,(H,19,20,21). The summed E-state index contributed by atoms with van der Waals surface area (Å²) in [7, 11) is 0. The number of hydrogen-bond donors (Lipinski definition) is 1. The highest BCUT2D eigenvalue weighted by atomic mass is 19.4. The minimum atomic E-state index is -4.54. The molecule has 1 aromatic heterocycles. The summed E-state index contributed by atoms with van der Waals surface area (Å²) in [5.41, 5.74) is -1.42. The fraction of sp³-hybridized carbons (Fsp3) is 0.0769. The zero-order chi connectivity index (χ0) is 15.6. The number of hydrogen-bond acceptors (Lipinski definition) is 2. The van der Waals surface area contributed by atoms with E-state index in [1.807, 2.05) is 0 Å². The van der Waals surface area contributed by atoms with Crippen LogP contribution in [0.3, 0.4) is 0 Å². The van der Waals surface area contributed by atoms with Crippen LogP contribution in [0.1, 0.15) is 15.9 Å². The Morgan fingerprint density at radius 3 is 2.33 bits per heavy atom. The van der Waals surface area contributed by atoms with Crippen molar-refractivity contribution in [1.82, 2.24) is 4.98 Å². The predicted octanol–water partition coefficient (Wildman–Crippen LogP) is 3.63. The molecular formula is C13H7F5N2O. The van der Waals surface area contributed by atoms with Gasteiger partial charge in [0.2, 0.25) is 0 Å². The number of anilines is 1. The van der Waals surface area contributed by atoms with Crippen LogP contribution in [0.5, 0.6) is 0 Å². The molecule has 8 heteroatoms. The Balaban J connectivity index is 2.16. The van der Waals surface area contributed by atoms with E-state index in [2.05, 4.69) is 10.3 Å². The van der Waals surface area contributed by atoms with Gasteiger partial charge >= 0.3 is 6.18 Å². The van der Waals surface area contributed by atoms with Crippen LogP contribution < -0.4 is 5.32 Å². The maximum atomic E-state index is 13.4. The number of nitrogens with zero attached hydrogens (tertiary/aromatic N) is 1. The third-order valence-electron chi connectivity index (χ3n) is 2.51. The number of aromatic nitrogens is 1. The molecule has 2 rings (SSSR count). The molecule has 110 valence electrons. The first kappa shape index (κ1) is 14.9. The lowest BCUT2D eigenvalue weighted by Gasteiger charge is -2.08. The molecule has 21 heavy (non-hydrogen) atoms. The minimum absolute atomic E-state index is 0.184. The van der Waals surface area contributed by atoms with E-state index < -0.39 is 34.8 Å². The van der Waals surface area contributed by atoms with Crippen LogP contribution in [-0.2, 0) is 6.18 Å². The molecule has 0 aliphatic heterocycles. The number of pyridine rings is 1. The van der Waals surface area contributed by atoms with E-state index >= 15 is 0 Å². The van der Waals surface area contributed by atoms with E-state index in [1.165, 1.54) is 0 Å². The maximum Gasteiger partial charge on any atom is 0.417 e. The van der Waals surface area contributed by atoms with Gasteiger partial charge in [-0.05, 0) is 24.3 Å². The Morgan fingerprint density at radius 2 is 1.81 bits per heavy atom. The van der Waals surface area contributed by atoms with Crippen molar-refractivity contribution in [3.63, 3.8) is 0 Å². The summed E-state index contributed by atoms with van der Waals surface area (Å²) in [6, 6.07) is 3.99. The smallest absolute Gasteiger partial charge is 0.306 e. The molecular weight excluding hydrogens is 295 g/mol. The molecule has 0 radical (unpaired) electrons. The van der Waals surface area contributed by atoms with Gasteiger partial charge in [-0.25, -0.2) is 13.8 Å². The van der Waals surface area contributed by atoms with Crippen LogP contribution in [0.15, 0.2) is 36.5 Å². The van der Waals surface area contributed by atoms with Gasteiger partial charge in [0.1, 0.15) is 17.5 Å². The van der Waals surface area contributed by atoms with Gasteiger partial charge in [0.15, 0.2) is 0 Å². The highest BCUT2D eigenvalue weighted by Crippen LogP contribution is 2.28. The molecule has 0 aliphatic carbocycles. The van der Waals surface area contributed by atoms with Crippen LogP contribution >= 0.6 is 0 Å². The fourth-order valence-electron chi connectivity index (χ4n) is 1.49. The Kier molecular flexibility index (Phi) is 3.88. The van der Waals surface area contributed by atoms with E-state index in [1.54, 1.807) is 0 Å². The van der Waals surface area contributed by atoms with Crippen molar-refractivity contribution in [3.8, 4) is 0 Å². The number of nitrogens with one attached hydrogen (secondary N) is 1. The SMILES string of the molecule is O=C(Nc1ccc(C(F)(F)F)cn1)c1ccc(F)cc1F. The first-order chi connectivity index (χ1) is 9.77. The van der Waals surface area contributed by atoms with Gasteiger partial charge in [-0.1, -0.05) is 0 Å². The van der Waals surface area contributed by atoms with Crippen molar-refractivity contribution in [2.75, 3.05) is 5.32 Å². The van der Waals surface area contributed by atoms with Crippen LogP contribution in [0, 0.1) is 11.6 Å². The van der Waals surface area contributed by atoms with Crippen molar-refractivity contribution in [1.29, 1.82) is 0 Å². The second kappa shape index (κ2) is 5.47. The fourth-order valence-corrected chi connectivity index (χ4v) is 1.49. The Morgan fingerprint density at radius 1 is 1.10 bits per heavy atom. The third-order valence-corrected chi connectivity index (χ3v) is 2.51. The number of rotatable bonds is 2. The average molecular weight is 302 g/mol. The third kappa shape index (κ3) is 3.53.